The van der Waals surface area contributed by atoms with E-state index in [0.717, 1.165) is 58.6 Å². The number of likely N-dealkylation sites (N-methyl/N-ethyl adjacent to an activating group) is 1. The number of likely N-dealkylation sites (tertiary alicyclic amines) is 1. The van der Waals surface area contributed by atoms with E-state index < -0.39 is 0 Å². The maximum Gasteiger partial charge on any atom is 0.340 e. The number of aromatic nitrogens is 4. The zero-order chi connectivity index (χ0) is 21.4. The molecule has 0 bridgehead atoms. The summed E-state index contributed by atoms with van der Waals surface area (Å²) in [6.45, 7) is 3.68. The number of rotatable bonds is 4. The van der Waals surface area contributed by atoms with E-state index in [1.165, 1.54) is 0 Å². The second-order valence-electron chi connectivity index (χ2n) is 8.03. The minimum Gasteiger partial charge on any atom is -0.457 e. The number of ether oxygens (including phenoxy) is 1. The topological polar surface area (TPSA) is 84.0 Å². The number of pyridine rings is 2. The normalized spacial score (nSPS) is 16.6. The maximum absolute atomic E-state index is 12.6. The van der Waals surface area contributed by atoms with E-state index in [1.54, 1.807) is 12.4 Å². The molecule has 1 aliphatic rings. The Labute approximate surface area is 180 Å². The van der Waals surface area contributed by atoms with Crippen LogP contribution in [0.25, 0.3) is 33.4 Å². The van der Waals surface area contributed by atoms with Gasteiger partial charge in [-0.05, 0) is 56.3 Å². The highest BCUT2D eigenvalue weighted by molar-refractivity contribution is 5.95. The van der Waals surface area contributed by atoms with Gasteiger partial charge in [0.25, 0.3) is 0 Å². The predicted molar refractivity (Wildman–Crippen MR) is 119 cm³/mol. The van der Waals surface area contributed by atoms with Gasteiger partial charge in [-0.15, -0.1) is 0 Å². The molecule has 0 amide bonds. The summed E-state index contributed by atoms with van der Waals surface area (Å²) in [5.74, 6) is -0.326. The van der Waals surface area contributed by atoms with Gasteiger partial charge >= 0.3 is 5.97 Å². The fourth-order valence-electron chi connectivity index (χ4n) is 4.00. The van der Waals surface area contributed by atoms with Crippen molar-refractivity contribution in [3.05, 3.63) is 66.1 Å². The van der Waals surface area contributed by atoms with Gasteiger partial charge in [-0.1, -0.05) is 12.1 Å². The highest BCUT2D eigenvalue weighted by Crippen LogP contribution is 2.31. The molecule has 1 aliphatic heterocycles. The van der Waals surface area contributed by atoms with E-state index in [9.17, 15) is 4.79 Å². The van der Waals surface area contributed by atoms with Crippen molar-refractivity contribution in [3.63, 3.8) is 0 Å². The molecule has 5 rings (SSSR count). The quantitative estimate of drug-likeness (QED) is 0.512. The van der Waals surface area contributed by atoms with Crippen LogP contribution in [0.3, 0.4) is 0 Å². The van der Waals surface area contributed by atoms with Gasteiger partial charge in [-0.3, -0.25) is 15.1 Å². The Morgan fingerprint density at radius 2 is 2.10 bits per heavy atom. The molecule has 0 aliphatic carbocycles. The first-order valence-electron chi connectivity index (χ1n) is 10.3. The van der Waals surface area contributed by atoms with Gasteiger partial charge in [0, 0.05) is 35.9 Å². The Morgan fingerprint density at radius 1 is 1.19 bits per heavy atom. The van der Waals surface area contributed by atoms with Gasteiger partial charge in [-0.25, -0.2) is 4.79 Å². The number of carbonyl (C=O) groups excluding carboxylic acids is 1. The number of aromatic amines is 1. The number of hydrogen-bond acceptors (Lipinski definition) is 6. The van der Waals surface area contributed by atoms with Crippen molar-refractivity contribution in [2.45, 2.75) is 19.4 Å². The Kier molecular flexibility index (Phi) is 4.95. The van der Waals surface area contributed by atoms with Crippen molar-refractivity contribution in [2.24, 2.45) is 0 Å². The lowest BCUT2D eigenvalue weighted by atomic mass is 10.0. The van der Waals surface area contributed by atoms with E-state index in [1.807, 2.05) is 56.4 Å². The molecular weight excluding hydrogens is 390 g/mol. The lowest BCUT2D eigenvalue weighted by Gasteiger charge is -2.12. The van der Waals surface area contributed by atoms with Crippen molar-refractivity contribution < 1.29 is 9.53 Å². The first-order chi connectivity index (χ1) is 15.1. The molecule has 1 saturated heterocycles. The summed E-state index contributed by atoms with van der Waals surface area (Å²) in [6.07, 6.45) is 4.18. The molecule has 7 nitrogen and oxygen atoms in total. The van der Waals surface area contributed by atoms with E-state index in [4.69, 9.17) is 4.74 Å². The number of carbonyl (C=O) groups is 1. The fourth-order valence-corrected chi connectivity index (χ4v) is 4.00. The standard InChI is InChI=1S/C24H23N5O2/c1-15-4-3-5-22(27-15)23-20(13-26-28-23)16-6-7-21-17(10-16)11-18(12-25-21)24(30)31-19-8-9-29(2)14-19/h3-7,10-13,19H,8-9,14H2,1-2H3,(H,26,28)/t19-/m1/s1. The molecule has 156 valence electrons. The lowest BCUT2D eigenvalue weighted by Crippen LogP contribution is -2.22. The third kappa shape index (κ3) is 3.92. The summed E-state index contributed by atoms with van der Waals surface area (Å²) < 4.78 is 5.66. The van der Waals surface area contributed by atoms with Gasteiger partial charge in [0.05, 0.1) is 28.7 Å². The molecule has 1 N–H and O–H groups in total. The molecular formula is C24H23N5O2. The summed E-state index contributed by atoms with van der Waals surface area (Å²) in [6, 6.07) is 13.7. The van der Waals surface area contributed by atoms with Crippen molar-refractivity contribution in [1.29, 1.82) is 0 Å². The van der Waals surface area contributed by atoms with Crippen molar-refractivity contribution in [2.75, 3.05) is 20.1 Å². The van der Waals surface area contributed by atoms with Crippen molar-refractivity contribution in [3.8, 4) is 22.5 Å². The van der Waals surface area contributed by atoms with Crippen LogP contribution in [0, 0.1) is 6.92 Å². The van der Waals surface area contributed by atoms with E-state index in [2.05, 4.69) is 25.1 Å². The molecule has 0 unspecified atom stereocenters. The van der Waals surface area contributed by atoms with Gasteiger partial charge in [0.1, 0.15) is 6.10 Å². The zero-order valence-electron chi connectivity index (χ0n) is 17.5. The van der Waals surface area contributed by atoms with Crippen LogP contribution in [0.4, 0.5) is 0 Å². The number of hydrogen-bond donors (Lipinski definition) is 1. The first kappa shape index (κ1) is 19.4. The van der Waals surface area contributed by atoms with E-state index in [-0.39, 0.29) is 12.1 Å². The molecule has 0 spiro atoms. The molecule has 1 fully saturated rings. The summed E-state index contributed by atoms with van der Waals surface area (Å²) in [7, 11) is 2.03. The molecule has 0 saturated carbocycles. The molecule has 4 aromatic rings. The molecule has 31 heavy (non-hydrogen) atoms. The van der Waals surface area contributed by atoms with Crippen LogP contribution in [-0.4, -0.2) is 57.3 Å². The Balaban J connectivity index is 1.47. The second-order valence-corrected chi connectivity index (χ2v) is 8.03. The molecule has 0 radical (unpaired) electrons. The maximum atomic E-state index is 12.6. The highest BCUT2D eigenvalue weighted by Gasteiger charge is 2.24. The van der Waals surface area contributed by atoms with Crippen molar-refractivity contribution >= 4 is 16.9 Å². The average molecular weight is 413 g/mol. The minimum atomic E-state index is -0.326. The molecule has 4 heterocycles. The van der Waals surface area contributed by atoms with Gasteiger partial charge in [0.15, 0.2) is 0 Å². The van der Waals surface area contributed by atoms with Crippen LogP contribution in [0.15, 0.2) is 54.9 Å². The number of esters is 1. The minimum absolute atomic E-state index is 0.0603. The zero-order valence-corrected chi connectivity index (χ0v) is 17.5. The molecule has 7 heteroatoms. The van der Waals surface area contributed by atoms with Crippen LogP contribution < -0.4 is 0 Å². The number of H-pyrrole nitrogens is 1. The van der Waals surface area contributed by atoms with Crippen LogP contribution in [0.5, 0.6) is 0 Å². The third-order valence-electron chi connectivity index (χ3n) is 5.63. The summed E-state index contributed by atoms with van der Waals surface area (Å²) >= 11 is 0. The van der Waals surface area contributed by atoms with E-state index in [0.29, 0.717) is 5.56 Å². The monoisotopic (exact) mass is 413 g/mol. The number of fused-ring (bicyclic) bond motifs is 1. The predicted octanol–water partition coefficient (Wildman–Crippen LogP) is 3.86. The smallest absolute Gasteiger partial charge is 0.340 e. The van der Waals surface area contributed by atoms with Crippen molar-refractivity contribution in [1.82, 2.24) is 25.1 Å². The largest absolute Gasteiger partial charge is 0.457 e. The molecule has 3 aromatic heterocycles. The Hall–Kier alpha value is -3.58. The van der Waals surface area contributed by atoms with Crippen LogP contribution in [-0.2, 0) is 4.74 Å². The number of nitrogens with one attached hydrogen (secondary N) is 1. The Morgan fingerprint density at radius 3 is 2.90 bits per heavy atom. The Bertz CT molecular complexity index is 1270. The first-order valence-corrected chi connectivity index (χ1v) is 10.3. The van der Waals surface area contributed by atoms with E-state index >= 15 is 0 Å². The highest BCUT2D eigenvalue weighted by atomic mass is 16.5. The summed E-state index contributed by atoms with van der Waals surface area (Å²) in [5.41, 5.74) is 5.84. The van der Waals surface area contributed by atoms with Gasteiger partial charge in [-0.2, -0.15) is 5.10 Å². The van der Waals surface area contributed by atoms with Crippen LogP contribution in [0.2, 0.25) is 0 Å². The summed E-state index contributed by atoms with van der Waals surface area (Å²) in [5, 5.41) is 8.17. The lowest BCUT2D eigenvalue weighted by molar-refractivity contribution is 0.0327. The van der Waals surface area contributed by atoms with Crippen LogP contribution in [0.1, 0.15) is 22.5 Å². The number of nitrogens with zero attached hydrogens (tertiary/aromatic N) is 4. The fraction of sp³-hybridized carbons (Fsp3) is 0.250. The number of aryl methyl sites for hydroxylation is 1. The van der Waals surface area contributed by atoms with Crippen LogP contribution >= 0.6 is 0 Å². The van der Waals surface area contributed by atoms with Gasteiger partial charge in [0.2, 0.25) is 0 Å². The molecule has 1 atom stereocenters. The summed E-state index contributed by atoms with van der Waals surface area (Å²) in [4.78, 5) is 23.9. The van der Waals surface area contributed by atoms with Gasteiger partial charge < -0.3 is 9.64 Å². The number of benzene rings is 1. The third-order valence-corrected chi connectivity index (χ3v) is 5.63. The molecule has 1 aromatic carbocycles. The average Bonchev–Trinajstić information content (AvgIpc) is 3.42. The second kappa shape index (κ2) is 7.92. The SMILES string of the molecule is Cc1cccc(-c2[nH]ncc2-c2ccc3ncc(C(=O)O[C@@H]4CCN(C)C4)cc3c2)n1.